The van der Waals surface area contributed by atoms with Crippen LogP contribution in [-0.4, -0.2) is 42.3 Å². The molecule has 1 aliphatic heterocycles. The molecule has 5 heteroatoms. The molecule has 1 aliphatic rings. The lowest BCUT2D eigenvalue weighted by molar-refractivity contribution is 0.0300. The van der Waals surface area contributed by atoms with Crippen molar-refractivity contribution in [3.8, 4) is 0 Å². The van der Waals surface area contributed by atoms with Gasteiger partial charge in [0, 0.05) is 18.5 Å². The van der Waals surface area contributed by atoms with Crippen LogP contribution in [0.25, 0.3) is 0 Å². The first kappa shape index (κ1) is 13.1. The van der Waals surface area contributed by atoms with E-state index in [1.807, 2.05) is 20.8 Å². The maximum atomic E-state index is 12.5. The first-order valence-corrected chi connectivity index (χ1v) is 6.25. The van der Waals surface area contributed by atoms with E-state index in [-0.39, 0.29) is 11.3 Å². The fraction of sp³-hybridized carbons (Fsp3) is 0.692. The minimum Gasteiger partial charge on any atom is -0.378 e. The number of ether oxygens (including phenoxy) is 1. The van der Waals surface area contributed by atoms with Gasteiger partial charge in [0.05, 0.1) is 13.2 Å². The van der Waals surface area contributed by atoms with Crippen molar-refractivity contribution in [2.45, 2.75) is 33.1 Å². The molecule has 0 radical (unpaired) electrons. The maximum Gasteiger partial charge on any atom is 0.259 e. The predicted octanol–water partition coefficient (Wildman–Crippen LogP) is 1.75. The molecule has 0 unspecified atom stereocenters. The molecule has 1 amide bonds. The van der Waals surface area contributed by atoms with Crippen molar-refractivity contribution in [1.29, 1.82) is 0 Å². The summed E-state index contributed by atoms with van der Waals surface area (Å²) in [6, 6.07) is 0. The Kier molecular flexibility index (Phi) is 3.43. The van der Waals surface area contributed by atoms with E-state index >= 15 is 0 Å². The van der Waals surface area contributed by atoms with Gasteiger partial charge < -0.3 is 14.2 Å². The number of carbonyl (C=O) groups is 1. The Bertz CT molecular complexity index is 440. The lowest BCUT2D eigenvalue weighted by Gasteiger charge is -2.27. The van der Waals surface area contributed by atoms with Crippen molar-refractivity contribution in [2.24, 2.45) is 0 Å². The highest BCUT2D eigenvalue weighted by Crippen LogP contribution is 2.28. The molecule has 18 heavy (non-hydrogen) atoms. The number of aromatic nitrogens is 1. The van der Waals surface area contributed by atoms with E-state index < -0.39 is 0 Å². The Hall–Kier alpha value is -1.36. The van der Waals surface area contributed by atoms with Gasteiger partial charge in [-0.2, -0.15) is 0 Å². The van der Waals surface area contributed by atoms with Gasteiger partial charge in [-0.25, -0.2) is 0 Å². The molecule has 1 aromatic heterocycles. The highest BCUT2D eigenvalue weighted by atomic mass is 16.5. The molecule has 0 bridgehead atoms. The molecule has 2 rings (SSSR count). The Labute approximate surface area is 107 Å². The summed E-state index contributed by atoms with van der Waals surface area (Å²) in [5, 5.41) is 4.05. The highest BCUT2D eigenvalue weighted by molar-refractivity contribution is 5.96. The Morgan fingerprint density at radius 2 is 1.89 bits per heavy atom. The average Bonchev–Trinajstić information content (AvgIpc) is 2.71. The summed E-state index contributed by atoms with van der Waals surface area (Å²) in [6.45, 7) is 10.3. The monoisotopic (exact) mass is 252 g/mol. The number of rotatable bonds is 1. The molecule has 5 nitrogen and oxygen atoms in total. The first-order valence-electron chi connectivity index (χ1n) is 6.25. The highest BCUT2D eigenvalue weighted by Gasteiger charge is 2.31. The molecular weight excluding hydrogens is 232 g/mol. The molecule has 0 aromatic carbocycles. The van der Waals surface area contributed by atoms with Gasteiger partial charge in [-0.05, 0) is 6.92 Å². The summed E-state index contributed by atoms with van der Waals surface area (Å²) in [5.74, 6) is 0.596. The van der Waals surface area contributed by atoms with Crippen LogP contribution < -0.4 is 0 Å². The van der Waals surface area contributed by atoms with Crippen LogP contribution in [0.1, 0.15) is 42.6 Å². The number of nitrogens with zero attached hydrogens (tertiary/aromatic N) is 2. The van der Waals surface area contributed by atoms with E-state index in [1.54, 1.807) is 11.8 Å². The third kappa shape index (κ3) is 2.41. The molecule has 2 heterocycles. The van der Waals surface area contributed by atoms with Crippen molar-refractivity contribution in [2.75, 3.05) is 26.3 Å². The maximum absolute atomic E-state index is 12.5. The lowest BCUT2D eigenvalue weighted by atomic mass is 9.88. The van der Waals surface area contributed by atoms with Gasteiger partial charge in [0.25, 0.3) is 5.91 Å². The van der Waals surface area contributed by atoms with Crippen LogP contribution in [0.5, 0.6) is 0 Å². The summed E-state index contributed by atoms with van der Waals surface area (Å²) in [4.78, 5) is 14.3. The van der Waals surface area contributed by atoms with Gasteiger partial charge in [0.15, 0.2) is 0 Å². The van der Waals surface area contributed by atoms with Crippen LogP contribution in [0.3, 0.4) is 0 Å². The summed E-state index contributed by atoms with van der Waals surface area (Å²) in [6.07, 6.45) is 0. The summed E-state index contributed by atoms with van der Waals surface area (Å²) in [5.41, 5.74) is 1.15. The minimum atomic E-state index is -0.199. The van der Waals surface area contributed by atoms with Crippen molar-refractivity contribution < 1.29 is 14.1 Å². The molecule has 1 saturated heterocycles. The molecule has 1 fully saturated rings. The zero-order valence-corrected chi connectivity index (χ0v) is 11.4. The molecule has 1 aromatic rings. The number of hydrogen-bond donors (Lipinski definition) is 0. The van der Waals surface area contributed by atoms with Crippen LogP contribution in [0, 0.1) is 6.92 Å². The van der Waals surface area contributed by atoms with E-state index in [2.05, 4.69) is 5.16 Å². The molecule has 0 N–H and O–H groups in total. The lowest BCUT2D eigenvalue weighted by Crippen LogP contribution is -2.41. The molecule has 0 aliphatic carbocycles. The standard InChI is InChI=1S/C13H20N2O3/c1-9-10(11(14-18-9)13(2,3)4)12(16)15-5-7-17-8-6-15/h5-8H2,1-4H3. The number of amides is 1. The Morgan fingerprint density at radius 1 is 1.28 bits per heavy atom. The Morgan fingerprint density at radius 3 is 2.44 bits per heavy atom. The smallest absolute Gasteiger partial charge is 0.259 e. The van der Waals surface area contributed by atoms with Crippen LogP contribution >= 0.6 is 0 Å². The molecule has 0 atom stereocenters. The van der Waals surface area contributed by atoms with Gasteiger partial charge in [0.1, 0.15) is 17.0 Å². The minimum absolute atomic E-state index is 0.00183. The zero-order chi connectivity index (χ0) is 13.3. The van der Waals surface area contributed by atoms with Crippen molar-refractivity contribution in [3.05, 3.63) is 17.0 Å². The van der Waals surface area contributed by atoms with Crippen molar-refractivity contribution in [3.63, 3.8) is 0 Å². The molecule has 0 spiro atoms. The van der Waals surface area contributed by atoms with Crippen LogP contribution in [0.4, 0.5) is 0 Å². The number of aryl methyl sites for hydroxylation is 1. The van der Waals surface area contributed by atoms with Crippen LogP contribution in [0.2, 0.25) is 0 Å². The van der Waals surface area contributed by atoms with Crippen LogP contribution in [0.15, 0.2) is 4.52 Å². The van der Waals surface area contributed by atoms with Gasteiger partial charge in [-0.1, -0.05) is 25.9 Å². The molecule has 0 saturated carbocycles. The number of carbonyl (C=O) groups excluding carboxylic acids is 1. The van der Waals surface area contributed by atoms with Gasteiger partial charge in [-0.15, -0.1) is 0 Å². The Balaban J connectivity index is 2.32. The normalized spacial score (nSPS) is 17.0. The topological polar surface area (TPSA) is 55.6 Å². The van der Waals surface area contributed by atoms with E-state index in [0.29, 0.717) is 37.6 Å². The van der Waals surface area contributed by atoms with Crippen molar-refractivity contribution in [1.82, 2.24) is 10.1 Å². The van der Waals surface area contributed by atoms with Gasteiger partial charge in [0.2, 0.25) is 0 Å². The van der Waals surface area contributed by atoms with E-state index in [4.69, 9.17) is 9.26 Å². The molecule has 100 valence electrons. The average molecular weight is 252 g/mol. The van der Waals surface area contributed by atoms with E-state index in [0.717, 1.165) is 5.69 Å². The van der Waals surface area contributed by atoms with E-state index in [9.17, 15) is 4.79 Å². The summed E-state index contributed by atoms with van der Waals surface area (Å²) >= 11 is 0. The summed E-state index contributed by atoms with van der Waals surface area (Å²) in [7, 11) is 0. The second kappa shape index (κ2) is 4.72. The predicted molar refractivity (Wildman–Crippen MR) is 66.7 cm³/mol. The van der Waals surface area contributed by atoms with Crippen LogP contribution in [-0.2, 0) is 10.2 Å². The third-order valence-corrected chi connectivity index (χ3v) is 3.09. The largest absolute Gasteiger partial charge is 0.378 e. The second-order valence-corrected chi connectivity index (χ2v) is 5.62. The number of hydrogen-bond acceptors (Lipinski definition) is 4. The van der Waals surface area contributed by atoms with Gasteiger partial charge in [-0.3, -0.25) is 4.79 Å². The van der Waals surface area contributed by atoms with E-state index in [1.165, 1.54) is 0 Å². The first-order chi connectivity index (χ1) is 8.41. The zero-order valence-electron chi connectivity index (χ0n) is 11.4. The number of morpholine rings is 1. The second-order valence-electron chi connectivity index (χ2n) is 5.62. The third-order valence-electron chi connectivity index (χ3n) is 3.09. The quantitative estimate of drug-likeness (QED) is 0.764. The fourth-order valence-electron chi connectivity index (χ4n) is 2.06. The van der Waals surface area contributed by atoms with Gasteiger partial charge >= 0.3 is 0 Å². The fourth-order valence-corrected chi connectivity index (χ4v) is 2.06. The molecular formula is C13H20N2O3. The SMILES string of the molecule is Cc1onc(C(C)(C)C)c1C(=O)N1CCOCC1. The van der Waals surface area contributed by atoms with Crippen molar-refractivity contribution >= 4 is 5.91 Å². The summed E-state index contributed by atoms with van der Waals surface area (Å²) < 4.78 is 10.5.